The van der Waals surface area contributed by atoms with Crippen LogP contribution in [0.4, 0.5) is 4.79 Å². The molecule has 0 spiro atoms. The van der Waals surface area contributed by atoms with Crippen molar-refractivity contribution < 1.29 is 14.3 Å². The summed E-state index contributed by atoms with van der Waals surface area (Å²) in [6.45, 7) is 5.26. The second kappa shape index (κ2) is 9.07. The molecule has 0 aliphatic heterocycles. The second-order valence-electron chi connectivity index (χ2n) is 7.23. The average Bonchev–Trinajstić information content (AvgIpc) is 3.01. The number of amides is 2. The van der Waals surface area contributed by atoms with Crippen LogP contribution in [0, 0.1) is 0 Å². The van der Waals surface area contributed by atoms with E-state index < -0.39 is 11.7 Å². The van der Waals surface area contributed by atoms with Crippen LogP contribution in [0.1, 0.15) is 39.1 Å². The molecule has 0 aliphatic rings. The number of fused-ring (bicyclic) bond motifs is 1. The minimum Gasteiger partial charge on any atom is -0.444 e. The van der Waals surface area contributed by atoms with E-state index in [9.17, 15) is 9.59 Å². The van der Waals surface area contributed by atoms with Gasteiger partial charge in [0.25, 0.3) is 0 Å². The third-order valence-electron chi connectivity index (χ3n) is 3.68. The topological polar surface area (TPSA) is 88.8 Å². The first kappa shape index (κ1) is 21.0. The van der Waals surface area contributed by atoms with E-state index in [1.54, 1.807) is 32.5 Å². The minimum atomic E-state index is -0.608. The Bertz CT molecular complexity index is 787. The van der Waals surface area contributed by atoms with E-state index in [4.69, 9.17) is 4.74 Å². The smallest absolute Gasteiger partial charge is 0.410 e. The predicted molar refractivity (Wildman–Crippen MR) is 106 cm³/mol. The van der Waals surface area contributed by atoms with Crippen LogP contribution in [-0.2, 0) is 9.53 Å². The number of hydrogen-bond acceptors (Lipinski definition) is 6. The summed E-state index contributed by atoms with van der Waals surface area (Å²) in [6, 6.07) is 5.34. The van der Waals surface area contributed by atoms with Crippen molar-refractivity contribution in [1.82, 2.24) is 24.8 Å². The standard InChI is InChI=1S/C18H27N5O3S/c1-18(2,3)26-17(25)22(4)12-15(24)19-13(9-11-27-5)16-21-20-14-8-6-7-10-23(14)16/h6-8,10,13H,9,11-12H2,1-5H3,(H,19,24). The fraction of sp³-hybridized carbons (Fsp3) is 0.556. The molecule has 148 valence electrons. The Hall–Kier alpha value is -2.29. The van der Waals surface area contributed by atoms with E-state index >= 15 is 0 Å². The third kappa shape index (κ3) is 6.13. The molecular weight excluding hydrogens is 366 g/mol. The zero-order valence-electron chi connectivity index (χ0n) is 16.4. The molecular formula is C18H27N5O3S. The van der Waals surface area contributed by atoms with Crippen LogP contribution in [-0.4, -0.2) is 62.7 Å². The van der Waals surface area contributed by atoms with E-state index in [-0.39, 0.29) is 18.5 Å². The lowest BCUT2D eigenvalue weighted by atomic mass is 10.2. The van der Waals surface area contributed by atoms with Gasteiger partial charge < -0.3 is 15.0 Å². The van der Waals surface area contributed by atoms with Crippen LogP contribution in [0.25, 0.3) is 5.65 Å². The molecule has 0 bridgehead atoms. The van der Waals surface area contributed by atoms with Gasteiger partial charge in [0.2, 0.25) is 5.91 Å². The summed E-state index contributed by atoms with van der Waals surface area (Å²) in [5.41, 5.74) is 0.116. The fourth-order valence-electron chi connectivity index (χ4n) is 2.46. The van der Waals surface area contributed by atoms with E-state index in [2.05, 4.69) is 15.5 Å². The predicted octanol–water partition coefficient (Wildman–Crippen LogP) is 2.51. The fourth-order valence-corrected chi connectivity index (χ4v) is 2.93. The van der Waals surface area contributed by atoms with Crippen molar-refractivity contribution in [1.29, 1.82) is 0 Å². The monoisotopic (exact) mass is 393 g/mol. The van der Waals surface area contributed by atoms with Gasteiger partial charge in [0.1, 0.15) is 12.1 Å². The molecule has 0 radical (unpaired) electrons. The van der Waals surface area contributed by atoms with Crippen LogP contribution >= 0.6 is 11.8 Å². The quantitative estimate of drug-likeness (QED) is 0.777. The lowest BCUT2D eigenvalue weighted by Crippen LogP contribution is -2.42. The molecule has 0 aromatic carbocycles. The Morgan fingerprint density at radius 3 is 2.74 bits per heavy atom. The SMILES string of the molecule is CSCCC(NC(=O)CN(C)C(=O)OC(C)(C)C)c1nnc2ccccn12. The van der Waals surface area contributed by atoms with Crippen molar-refractivity contribution >= 4 is 29.4 Å². The lowest BCUT2D eigenvalue weighted by Gasteiger charge is -2.25. The van der Waals surface area contributed by atoms with E-state index in [0.29, 0.717) is 12.2 Å². The van der Waals surface area contributed by atoms with Crippen molar-refractivity contribution in [3.8, 4) is 0 Å². The van der Waals surface area contributed by atoms with Crippen LogP contribution < -0.4 is 5.32 Å². The summed E-state index contributed by atoms with van der Waals surface area (Å²) in [7, 11) is 1.54. The third-order valence-corrected chi connectivity index (χ3v) is 4.33. The van der Waals surface area contributed by atoms with Crippen molar-refractivity contribution in [2.75, 3.05) is 25.6 Å². The number of ether oxygens (including phenoxy) is 1. The molecule has 27 heavy (non-hydrogen) atoms. The number of pyridine rings is 1. The van der Waals surface area contributed by atoms with E-state index in [0.717, 1.165) is 11.4 Å². The molecule has 0 fully saturated rings. The second-order valence-corrected chi connectivity index (χ2v) is 8.21. The number of rotatable bonds is 7. The van der Waals surface area contributed by atoms with Gasteiger partial charge in [-0.25, -0.2) is 4.79 Å². The number of hydrogen-bond donors (Lipinski definition) is 1. The maximum atomic E-state index is 12.5. The zero-order chi connectivity index (χ0) is 20.0. The number of aromatic nitrogens is 3. The molecule has 0 saturated carbocycles. The first-order valence-corrected chi connectivity index (χ1v) is 10.1. The summed E-state index contributed by atoms with van der Waals surface area (Å²) in [5.74, 6) is 1.25. The van der Waals surface area contributed by atoms with Crippen molar-refractivity contribution in [3.63, 3.8) is 0 Å². The number of nitrogens with one attached hydrogen (secondary N) is 1. The Morgan fingerprint density at radius 1 is 1.33 bits per heavy atom. The number of likely N-dealkylation sites (N-methyl/N-ethyl adjacent to an activating group) is 1. The Morgan fingerprint density at radius 2 is 2.07 bits per heavy atom. The summed E-state index contributed by atoms with van der Waals surface area (Å²) in [4.78, 5) is 25.8. The highest BCUT2D eigenvalue weighted by Gasteiger charge is 2.24. The van der Waals surface area contributed by atoms with E-state index in [1.165, 1.54) is 11.9 Å². The lowest BCUT2D eigenvalue weighted by molar-refractivity contribution is -0.122. The molecule has 0 aliphatic carbocycles. The number of thioether (sulfide) groups is 1. The first-order chi connectivity index (χ1) is 12.7. The highest BCUT2D eigenvalue weighted by molar-refractivity contribution is 7.98. The molecule has 2 heterocycles. The van der Waals surface area contributed by atoms with Crippen LogP contribution in [0.5, 0.6) is 0 Å². The van der Waals surface area contributed by atoms with Gasteiger partial charge in [-0.2, -0.15) is 11.8 Å². The zero-order valence-corrected chi connectivity index (χ0v) is 17.2. The molecule has 8 nitrogen and oxygen atoms in total. The molecule has 0 saturated heterocycles. The summed E-state index contributed by atoms with van der Waals surface area (Å²) >= 11 is 1.69. The van der Waals surface area contributed by atoms with Gasteiger partial charge in [-0.3, -0.25) is 9.20 Å². The molecule has 2 amide bonds. The van der Waals surface area contributed by atoms with Crippen LogP contribution in [0.15, 0.2) is 24.4 Å². The molecule has 1 unspecified atom stereocenters. The largest absolute Gasteiger partial charge is 0.444 e. The van der Waals surface area contributed by atoms with Gasteiger partial charge >= 0.3 is 6.09 Å². The Labute approximate surface area is 163 Å². The minimum absolute atomic E-state index is 0.0958. The summed E-state index contributed by atoms with van der Waals surface area (Å²) in [6.07, 6.45) is 4.05. The van der Waals surface area contributed by atoms with Gasteiger partial charge in [-0.15, -0.1) is 10.2 Å². The van der Waals surface area contributed by atoms with E-state index in [1.807, 2.05) is 35.1 Å². The highest BCUT2D eigenvalue weighted by atomic mass is 32.2. The van der Waals surface area contributed by atoms with Gasteiger partial charge in [0.05, 0.1) is 6.04 Å². The maximum Gasteiger partial charge on any atom is 0.410 e. The molecule has 9 heteroatoms. The van der Waals surface area contributed by atoms with Crippen LogP contribution in [0.3, 0.4) is 0 Å². The van der Waals surface area contributed by atoms with Crippen LogP contribution in [0.2, 0.25) is 0 Å². The van der Waals surface area contributed by atoms with Crippen molar-refractivity contribution in [2.45, 2.75) is 38.8 Å². The number of carbonyl (C=O) groups is 2. The van der Waals surface area contributed by atoms with Gasteiger partial charge in [-0.1, -0.05) is 6.07 Å². The van der Waals surface area contributed by atoms with Gasteiger partial charge in [0.15, 0.2) is 11.5 Å². The summed E-state index contributed by atoms with van der Waals surface area (Å²) < 4.78 is 7.14. The Kier molecular flexibility index (Phi) is 7.06. The molecule has 1 atom stereocenters. The number of nitrogens with zero attached hydrogens (tertiary/aromatic N) is 4. The van der Waals surface area contributed by atoms with Gasteiger partial charge in [-0.05, 0) is 51.3 Å². The highest BCUT2D eigenvalue weighted by Crippen LogP contribution is 2.18. The first-order valence-electron chi connectivity index (χ1n) is 8.73. The molecule has 2 aromatic rings. The molecule has 2 aromatic heterocycles. The average molecular weight is 394 g/mol. The molecule has 1 N–H and O–H groups in total. The number of carbonyl (C=O) groups excluding carboxylic acids is 2. The normalized spacial score (nSPS) is 12.6. The Balaban J connectivity index is 2.07. The van der Waals surface area contributed by atoms with Crippen molar-refractivity contribution in [2.24, 2.45) is 0 Å². The maximum absolute atomic E-state index is 12.5. The van der Waals surface area contributed by atoms with Crippen molar-refractivity contribution in [3.05, 3.63) is 30.2 Å². The van der Waals surface area contributed by atoms with Gasteiger partial charge in [0, 0.05) is 13.2 Å². The summed E-state index contributed by atoms with van der Waals surface area (Å²) in [5, 5.41) is 11.4. The molecule has 2 rings (SSSR count).